The molecule has 160 valence electrons. The lowest BCUT2D eigenvalue weighted by molar-refractivity contribution is -0.242. The lowest BCUT2D eigenvalue weighted by Gasteiger charge is -2.39. The van der Waals surface area contributed by atoms with Crippen molar-refractivity contribution in [2.75, 3.05) is 6.61 Å². The van der Waals surface area contributed by atoms with Crippen LogP contribution in [-0.4, -0.2) is 64.6 Å². The van der Waals surface area contributed by atoms with Gasteiger partial charge in [0.15, 0.2) is 0 Å². The van der Waals surface area contributed by atoms with Gasteiger partial charge in [-0.3, -0.25) is 4.79 Å². The van der Waals surface area contributed by atoms with E-state index in [1.54, 1.807) is 19.1 Å². The van der Waals surface area contributed by atoms with Crippen molar-refractivity contribution in [2.24, 2.45) is 5.92 Å². The molecule has 1 aromatic carbocycles. The van der Waals surface area contributed by atoms with Gasteiger partial charge in [-0.2, -0.15) is 0 Å². The summed E-state index contributed by atoms with van der Waals surface area (Å²) >= 11 is 0. The molecule has 1 amide bonds. The van der Waals surface area contributed by atoms with Crippen LogP contribution in [0.3, 0.4) is 0 Å². The second-order valence-electron chi connectivity index (χ2n) is 8.24. The summed E-state index contributed by atoms with van der Waals surface area (Å²) in [7, 11) is 0. The smallest absolute Gasteiger partial charge is 0.228 e. The Morgan fingerprint density at radius 3 is 2.62 bits per heavy atom. The van der Waals surface area contributed by atoms with Crippen LogP contribution in [0.2, 0.25) is 0 Å². The Balaban J connectivity index is 1.41. The highest BCUT2D eigenvalue weighted by atomic mass is 16.7. The van der Waals surface area contributed by atoms with Crippen molar-refractivity contribution in [1.82, 2.24) is 5.32 Å². The summed E-state index contributed by atoms with van der Waals surface area (Å²) in [5, 5.41) is 32.4. The molecule has 8 heteroatoms. The van der Waals surface area contributed by atoms with E-state index >= 15 is 0 Å². The van der Waals surface area contributed by atoms with Gasteiger partial charge >= 0.3 is 0 Å². The van der Waals surface area contributed by atoms with Crippen LogP contribution in [0.5, 0.6) is 5.75 Å². The largest absolute Gasteiger partial charge is 0.462 e. The molecular formula is C21H29NO7. The summed E-state index contributed by atoms with van der Waals surface area (Å²) in [6, 6.07) is 7.45. The first kappa shape index (κ1) is 20.6. The average molecular weight is 407 g/mol. The molecule has 4 N–H and O–H groups in total. The molecule has 3 fully saturated rings. The quantitative estimate of drug-likeness (QED) is 0.579. The summed E-state index contributed by atoms with van der Waals surface area (Å²) in [5.41, 5.74) is 0.999. The molecule has 0 radical (unpaired) electrons. The van der Waals surface area contributed by atoms with E-state index in [1.807, 2.05) is 12.1 Å². The maximum Gasteiger partial charge on any atom is 0.228 e. The summed E-state index contributed by atoms with van der Waals surface area (Å²) < 4.78 is 17.2. The van der Waals surface area contributed by atoms with Crippen LogP contribution in [0.25, 0.3) is 0 Å². The molecule has 2 aliphatic heterocycles. The zero-order chi connectivity index (χ0) is 20.5. The van der Waals surface area contributed by atoms with Gasteiger partial charge in [0.1, 0.15) is 24.1 Å². The molecular weight excluding hydrogens is 378 g/mol. The van der Waals surface area contributed by atoms with E-state index in [-0.39, 0.29) is 30.8 Å². The lowest BCUT2D eigenvalue weighted by atomic mass is 9.86. The molecule has 0 spiro atoms. The molecule has 4 rings (SSSR count). The Morgan fingerprint density at radius 2 is 1.90 bits per heavy atom. The number of carbonyl (C=O) groups excluding carboxylic acids is 1. The molecule has 0 unspecified atom stereocenters. The van der Waals surface area contributed by atoms with Crippen molar-refractivity contribution >= 4 is 5.91 Å². The zero-order valence-corrected chi connectivity index (χ0v) is 16.4. The number of fused-ring (bicyclic) bond motifs is 1. The Morgan fingerprint density at radius 1 is 1.14 bits per heavy atom. The van der Waals surface area contributed by atoms with Crippen LogP contribution in [0.15, 0.2) is 24.3 Å². The van der Waals surface area contributed by atoms with Gasteiger partial charge in [-0.25, -0.2) is 0 Å². The maximum atomic E-state index is 11.6. The molecule has 0 aromatic heterocycles. The SMILES string of the molecule is CC(=O)N[C@@H]1C[C@H](c2ccc(O[C@H]3OC[C@H](O)[C@@H](O)[C@@H]3O)cc2)O[C@@H]2CCC[C@@H]12. The topological polar surface area (TPSA) is 117 Å². The third-order valence-electron chi connectivity index (χ3n) is 6.17. The highest BCUT2D eigenvalue weighted by Gasteiger charge is 2.42. The van der Waals surface area contributed by atoms with Crippen LogP contribution in [-0.2, 0) is 14.3 Å². The molecule has 1 aliphatic carbocycles. The molecule has 0 bridgehead atoms. The number of hydrogen-bond donors (Lipinski definition) is 4. The minimum Gasteiger partial charge on any atom is -0.462 e. The fraction of sp³-hybridized carbons (Fsp3) is 0.667. The van der Waals surface area contributed by atoms with E-state index in [2.05, 4.69) is 5.32 Å². The molecule has 2 heterocycles. The van der Waals surface area contributed by atoms with Crippen molar-refractivity contribution in [3.05, 3.63) is 29.8 Å². The number of nitrogens with one attached hydrogen (secondary N) is 1. The third kappa shape index (κ3) is 4.41. The van der Waals surface area contributed by atoms with Crippen molar-refractivity contribution in [2.45, 2.75) is 75.5 Å². The molecule has 2 saturated heterocycles. The monoisotopic (exact) mass is 407 g/mol. The number of aliphatic hydroxyl groups excluding tert-OH is 3. The van der Waals surface area contributed by atoms with Crippen molar-refractivity contribution in [3.8, 4) is 5.75 Å². The zero-order valence-electron chi connectivity index (χ0n) is 16.4. The highest BCUT2D eigenvalue weighted by Crippen LogP contribution is 2.42. The number of rotatable bonds is 4. The van der Waals surface area contributed by atoms with E-state index in [4.69, 9.17) is 14.2 Å². The van der Waals surface area contributed by atoms with E-state index < -0.39 is 24.6 Å². The van der Waals surface area contributed by atoms with Gasteiger partial charge < -0.3 is 34.8 Å². The van der Waals surface area contributed by atoms with Gasteiger partial charge in [0.2, 0.25) is 12.2 Å². The summed E-state index contributed by atoms with van der Waals surface area (Å²) in [6.07, 6.45) is -0.811. The normalized spacial score (nSPS) is 39.6. The van der Waals surface area contributed by atoms with Crippen LogP contribution in [0.4, 0.5) is 0 Å². The number of ether oxygens (including phenoxy) is 3. The van der Waals surface area contributed by atoms with Gasteiger partial charge in [-0.1, -0.05) is 18.6 Å². The van der Waals surface area contributed by atoms with E-state index in [1.165, 1.54) is 0 Å². The molecule has 3 aliphatic rings. The maximum absolute atomic E-state index is 11.6. The van der Waals surface area contributed by atoms with Crippen LogP contribution < -0.4 is 10.1 Å². The minimum absolute atomic E-state index is 0.0107. The predicted molar refractivity (Wildman–Crippen MR) is 102 cm³/mol. The van der Waals surface area contributed by atoms with Crippen LogP contribution >= 0.6 is 0 Å². The van der Waals surface area contributed by atoms with Gasteiger partial charge in [0.25, 0.3) is 0 Å². The van der Waals surface area contributed by atoms with Gasteiger partial charge in [-0.15, -0.1) is 0 Å². The lowest BCUT2D eigenvalue weighted by Crippen LogP contribution is -2.54. The van der Waals surface area contributed by atoms with E-state index in [0.29, 0.717) is 11.7 Å². The molecule has 1 aromatic rings. The second-order valence-corrected chi connectivity index (χ2v) is 8.24. The first-order chi connectivity index (χ1) is 13.9. The standard InChI is InChI=1S/C21H29NO7/c1-11(23)22-15-9-18(29-17-4-2-3-14(15)17)12-5-7-13(8-6-12)28-21-20(26)19(25)16(24)10-27-21/h5-8,14-21,24-26H,2-4,9-10H2,1H3,(H,22,23)/t14-,15+,16-,17+,18+,19+,20-,21+/m0/s1. The number of carbonyl (C=O) groups is 1. The predicted octanol–water partition coefficient (Wildman–Crippen LogP) is 0.639. The Labute approximate surface area is 169 Å². The number of aliphatic hydroxyl groups is 3. The number of benzene rings is 1. The Bertz CT molecular complexity index is 711. The van der Waals surface area contributed by atoms with E-state index in [9.17, 15) is 20.1 Å². The fourth-order valence-corrected chi connectivity index (χ4v) is 4.68. The number of amides is 1. The summed E-state index contributed by atoms with van der Waals surface area (Å²) in [5.74, 6) is 0.849. The average Bonchev–Trinajstić information content (AvgIpc) is 3.18. The van der Waals surface area contributed by atoms with Crippen LogP contribution in [0.1, 0.15) is 44.3 Å². The molecule has 8 nitrogen and oxygen atoms in total. The van der Waals surface area contributed by atoms with Gasteiger partial charge in [0.05, 0.1) is 18.8 Å². The van der Waals surface area contributed by atoms with Crippen LogP contribution in [0, 0.1) is 5.92 Å². The second kappa shape index (κ2) is 8.57. The molecule has 1 saturated carbocycles. The van der Waals surface area contributed by atoms with Crippen molar-refractivity contribution in [3.63, 3.8) is 0 Å². The molecule has 8 atom stereocenters. The summed E-state index contributed by atoms with van der Waals surface area (Å²) in [6.45, 7) is 1.45. The number of hydrogen-bond acceptors (Lipinski definition) is 7. The Hall–Kier alpha value is -1.71. The Kier molecular flexibility index (Phi) is 6.08. The summed E-state index contributed by atoms with van der Waals surface area (Å²) in [4.78, 5) is 11.6. The van der Waals surface area contributed by atoms with Gasteiger partial charge in [-0.05, 0) is 37.0 Å². The third-order valence-corrected chi connectivity index (χ3v) is 6.17. The van der Waals surface area contributed by atoms with Gasteiger partial charge in [0, 0.05) is 18.9 Å². The van der Waals surface area contributed by atoms with E-state index in [0.717, 1.165) is 31.2 Å². The first-order valence-electron chi connectivity index (χ1n) is 10.3. The molecule has 29 heavy (non-hydrogen) atoms. The minimum atomic E-state index is -1.34. The first-order valence-corrected chi connectivity index (χ1v) is 10.3. The van der Waals surface area contributed by atoms with Crippen molar-refractivity contribution in [1.29, 1.82) is 0 Å². The highest BCUT2D eigenvalue weighted by molar-refractivity contribution is 5.73. The van der Waals surface area contributed by atoms with Crippen molar-refractivity contribution < 1.29 is 34.3 Å². The fourth-order valence-electron chi connectivity index (χ4n) is 4.68.